The molecule has 0 saturated heterocycles. The largest absolute Gasteiger partial charge is 0.486 e. The zero-order chi connectivity index (χ0) is 14.8. The Morgan fingerprint density at radius 3 is 2.50 bits per heavy atom. The molecular weight excluding hydrogens is 336 g/mol. The maximum absolute atomic E-state index is 5.70. The molecule has 20 heavy (non-hydrogen) atoms. The summed E-state index contributed by atoms with van der Waals surface area (Å²) in [5, 5.41) is 0. The van der Waals surface area contributed by atoms with E-state index >= 15 is 0 Å². The molecule has 3 nitrogen and oxygen atoms in total. The van der Waals surface area contributed by atoms with Gasteiger partial charge in [0.25, 0.3) is 0 Å². The molecule has 1 heterocycles. The number of halogens is 1. The lowest BCUT2D eigenvalue weighted by molar-refractivity contribution is 0.294. The molecule has 0 amide bonds. The molecule has 1 aromatic carbocycles. The molecule has 0 fully saturated rings. The zero-order valence-electron chi connectivity index (χ0n) is 11.7. The van der Waals surface area contributed by atoms with E-state index < -0.39 is 0 Å². The van der Waals surface area contributed by atoms with Crippen LogP contribution >= 0.6 is 28.1 Å². The van der Waals surface area contributed by atoms with Gasteiger partial charge in [-0.15, -0.1) is 0 Å². The number of para-hydroxylation sites is 1. The number of aromatic amines is 1. The second-order valence-corrected chi connectivity index (χ2v) is 6.71. The fourth-order valence-electron chi connectivity index (χ4n) is 1.76. The lowest BCUT2D eigenvalue weighted by Gasteiger charge is -2.21. The van der Waals surface area contributed by atoms with E-state index in [1.165, 1.54) is 0 Å². The zero-order valence-corrected chi connectivity index (χ0v) is 14.1. The fraction of sp³-hybridized carbons (Fsp3) is 0.333. The fourth-order valence-corrected chi connectivity index (χ4v) is 2.75. The van der Waals surface area contributed by atoms with Crippen molar-refractivity contribution in [3.8, 4) is 5.75 Å². The molecule has 0 unspecified atom stereocenters. The second-order valence-electron chi connectivity index (χ2n) is 5.53. The van der Waals surface area contributed by atoms with Gasteiger partial charge in [0, 0.05) is 11.1 Å². The van der Waals surface area contributed by atoms with Crippen LogP contribution in [0.25, 0.3) is 0 Å². The molecule has 0 radical (unpaired) electrons. The summed E-state index contributed by atoms with van der Waals surface area (Å²) in [6, 6.07) is 9.66. The molecule has 0 spiro atoms. The van der Waals surface area contributed by atoms with Gasteiger partial charge in [0.2, 0.25) is 0 Å². The first-order valence-electron chi connectivity index (χ1n) is 6.35. The van der Waals surface area contributed by atoms with Crippen molar-refractivity contribution < 1.29 is 4.74 Å². The minimum Gasteiger partial charge on any atom is -0.486 e. The molecule has 2 aromatic rings. The smallest absolute Gasteiger partial charge is 0.146 e. The first-order valence-corrected chi connectivity index (χ1v) is 7.55. The van der Waals surface area contributed by atoms with Crippen LogP contribution in [0, 0.1) is 4.64 Å². The number of nitrogens with zero attached hydrogens (tertiary/aromatic N) is 1. The van der Waals surface area contributed by atoms with Crippen molar-refractivity contribution in [2.24, 2.45) is 0 Å². The highest BCUT2D eigenvalue weighted by Crippen LogP contribution is 2.28. The van der Waals surface area contributed by atoms with Gasteiger partial charge < -0.3 is 9.72 Å². The highest BCUT2D eigenvalue weighted by molar-refractivity contribution is 9.10. The van der Waals surface area contributed by atoms with E-state index in [1.54, 1.807) is 0 Å². The number of hydrogen-bond donors (Lipinski definition) is 1. The van der Waals surface area contributed by atoms with Crippen LogP contribution in [0.5, 0.6) is 5.75 Å². The summed E-state index contributed by atoms with van der Waals surface area (Å²) in [6.07, 6.45) is 0. The Hall–Kier alpha value is -1.20. The minimum atomic E-state index is -0.0448. The van der Waals surface area contributed by atoms with Gasteiger partial charge in [0.1, 0.15) is 22.8 Å². The van der Waals surface area contributed by atoms with Crippen LogP contribution in [0.15, 0.2) is 34.8 Å². The standard InChI is InChI=1S/C15H17BrN2OS/c1-15(2,3)13-12(16)14(20)18-11(17-13)9-19-10-7-5-4-6-8-10/h4-8H,9H2,1-3H3,(H,17,18,20). The first-order chi connectivity index (χ1) is 9.38. The summed E-state index contributed by atoms with van der Waals surface area (Å²) in [6.45, 7) is 6.74. The second kappa shape index (κ2) is 6.06. The summed E-state index contributed by atoms with van der Waals surface area (Å²) in [5.74, 6) is 1.54. The quantitative estimate of drug-likeness (QED) is 0.807. The topological polar surface area (TPSA) is 37.9 Å². The maximum Gasteiger partial charge on any atom is 0.146 e. The van der Waals surface area contributed by atoms with E-state index in [0.717, 1.165) is 21.7 Å². The molecule has 5 heteroatoms. The van der Waals surface area contributed by atoms with Crippen molar-refractivity contribution in [3.63, 3.8) is 0 Å². The number of benzene rings is 1. The number of hydrogen-bond acceptors (Lipinski definition) is 3. The minimum absolute atomic E-state index is 0.0448. The summed E-state index contributed by atoms with van der Waals surface area (Å²) >= 11 is 8.80. The van der Waals surface area contributed by atoms with Crippen LogP contribution in [-0.4, -0.2) is 9.97 Å². The lowest BCUT2D eigenvalue weighted by Crippen LogP contribution is -2.17. The van der Waals surface area contributed by atoms with Gasteiger partial charge in [-0.2, -0.15) is 0 Å². The Bertz CT molecular complexity index is 647. The van der Waals surface area contributed by atoms with Gasteiger partial charge in [-0.05, 0) is 28.1 Å². The molecule has 0 saturated carbocycles. The van der Waals surface area contributed by atoms with Crippen LogP contribution in [-0.2, 0) is 12.0 Å². The van der Waals surface area contributed by atoms with Crippen LogP contribution in [0.1, 0.15) is 32.3 Å². The summed E-state index contributed by atoms with van der Waals surface area (Å²) in [7, 11) is 0. The predicted molar refractivity (Wildman–Crippen MR) is 86.6 cm³/mol. The maximum atomic E-state index is 5.70. The Labute approximate surface area is 132 Å². The normalized spacial score (nSPS) is 11.4. The average Bonchev–Trinajstić information content (AvgIpc) is 2.40. The van der Waals surface area contributed by atoms with Gasteiger partial charge in [-0.1, -0.05) is 51.2 Å². The lowest BCUT2D eigenvalue weighted by atomic mass is 9.92. The SMILES string of the molecule is CC(C)(C)c1[nH]c(COc2ccccc2)nc(=S)c1Br. The third-order valence-electron chi connectivity index (χ3n) is 2.78. The third kappa shape index (κ3) is 3.67. The van der Waals surface area contributed by atoms with Crippen LogP contribution in [0.2, 0.25) is 0 Å². The van der Waals surface area contributed by atoms with Crippen molar-refractivity contribution >= 4 is 28.1 Å². The number of H-pyrrole nitrogens is 1. The van der Waals surface area contributed by atoms with E-state index in [1.807, 2.05) is 30.3 Å². The van der Waals surface area contributed by atoms with Gasteiger partial charge in [-0.3, -0.25) is 0 Å². The van der Waals surface area contributed by atoms with Crippen molar-refractivity contribution in [1.29, 1.82) is 0 Å². The molecule has 1 N–H and O–H groups in total. The predicted octanol–water partition coefficient (Wildman–Crippen LogP) is 4.78. The monoisotopic (exact) mass is 352 g/mol. The molecule has 0 aliphatic heterocycles. The van der Waals surface area contributed by atoms with E-state index in [4.69, 9.17) is 17.0 Å². The van der Waals surface area contributed by atoms with Gasteiger partial charge in [-0.25, -0.2) is 4.98 Å². The van der Waals surface area contributed by atoms with Crippen LogP contribution < -0.4 is 4.74 Å². The molecular formula is C15H17BrN2OS. The van der Waals surface area contributed by atoms with E-state index in [2.05, 4.69) is 46.7 Å². The van der Waals surface area contributed by atoms with Gasteiger partial charge in [0.15, 0.2) is 0 Å². The third-order valence-corrected chi connectivity index (χ3v) is 4.11. The number of rotatable bonds is 3. The van der Waals surface area contributed by atoms with Crippen LogP contribution in [0.3, 0.4) is 0 Å². The van der Waals surface area contributed by atoms with Crippen molar-refractivity contribution in [3.05, 3.63) is 51.0 Å². The summed E-state index contributed by atoms with van der Waals surface area (Å²) in [5.41, 5.74) is 0.987. The van der Waals surface area contributed by atoms with Gasteiger partial charge in [0.05, 0.1) is 4.47 Å². The molecule has 0 bridgehead atoms. The van der Waals surface area contributed by atoms with E-state index in [9.17, 15) is 0 Å². The molecule has 2 rings (SSSR count). The van der Waals surface area contributed by atoms with E-state index in [-0.39, 0.29) is 5.41 Å². The van der Waals surface area contributed by atoms with Crippen molar-refractivity contribution in [2.75, 3.05) is 0 Å². The Balaban J connectivity index is 2.25. The van der Waals surface area contributed by atoms with E-state index in [0.29, 0.717) is 11.2 Å². The summed E-state index contributed by atoms with van der Waals surface area (Å²) < 4.78 is 7.11. The first kappa shape index (κ1) is 15.2. The Morgan fingerprint density at radius 1 is 1.25 bits per heavy atom. The molecule has 0 aliphatic carbocycles. The Morgan fingerprint density at radius 2 is 1.90 bits per heavy atom. The van der Waals surface area contributed by atoms with Crippen LogP contribution in [0.4, 0.5) is 0 Å². The number of nitrogens with one attached hydrogen (secondary N) is 1. The van der Waals surface area contributed by atoms with Crippen molar-refractivity contribution in [2.45, 2.75) is 32.8 Å². The average molecular weight is 353 g/mol. The van der Waals surface area contributed by atoms with Crippen molar-refractivity contribution in [1.82, 2.24) is 9.97 Å². The van der Waals surface area contributed by atoms with Gasteiger partial charge >= 0.3 is 0 Å². The highest BCUT2D eigenvalue weighted by Gasteiger charge is 2.20. The summed E-state index contributed by atoms with van der Waals surface area (Å²) in [4.78, 5) is 7.66. The molecule has 0 aliphatic rings. The Kier molecular flexibility index (Phi) is 4.60. The highest BCUT2D eigenvalue weighted by atomic mass is 79.9. The molecule has 1 aromatic heterocycles. The molecule has 106 valence electrons. The number of ether oxygens (including phenoxy) is 1. The number of aromatic nitrogens is 2. The molecule has 0 atom stereocenters.